The highest BCUT2D eigenvalue weighted by atomic mass is 16.5. The molecule has 2 amide bonds. The number of hydrogen-bond donors (Lipinski definition) is 2. The van der Waals surface area contributed by atoms with Gasteiger partial charge in [-0.2, -0.15) is 0 Å². The molecule has 11 heteroatoms. The molecule has 1 aromatic carbocycles. The third-order valence-corrected chi connectivity index (χ3v) is 6.34. The number of anilines is 1. The minimum Gasteiger partial charge on any atom is -0.494 e. The van der Waals surface area contributed by atoms with Gasteiger partial charge in [0.25, 0.3) is 17.6 Å². The maximum atomic E-state index is 13.4. The van der Waals surface area contributed by atoms with Crippen LogP contribution in [0.4, 0.5) is 5.82 Å². The molecule has 4 heterocycles. The maximum Gasteiger partial charge on any atom is 0.295 e. The molecule has 1 aliphatic rings. The van der Waals surface area contributed by atoms with E-state index in [9.17, 15) is 14.4 Å². The Kier molecular flexibility index (Phi) is 5.88. The van der Waals surface area contributed by atoms with E-state index < -0.39 is 11.7 Å². The predicted octanol–water partition coefficient (Wildman–Crippen LogP) is 1.90. The number of pyridine rings is 1. The highest BCUT2D eigenvalue weighted by Gasteiger charge is 2.34. The number of nitrogens with one attached hydrogen (secondary N) is 1. The summed E-state index contributed by atoms with van der Waals surface area (Å²) >= 11 is 0. The second kappa shape index (κ2) is 9.17. The third-order valence-electron chi connectivity index (χ3n) is 6.34. The molecule has 0 unspecified atom stereocenters. The molecule has 11 nitrogen and oxygen atoms in total. The number of aromatic nitrogens is 4. The third kappa shape index (κ3) is 3.94. The van der Waals surface area contributed by atoms with Gasteiger partial charge in [-0.05, 0) is 19.1 Å². The van der Waals surface area contributed by atoms with Crippen molar-refractivity contribution in [3.8, 4) is 11.6 Å². The summed E-state index contributed by atoms with van der Waals surface area (Å²) in [5, 5.41) is 4.61. The first-order valence-corrected chi connectivity index (χ1v) is 11.4. The zero-order chi connectivity index (χ0) is 25.4. The van der Waals surface area contributed by atoms with Crippen LogP contribution >= 0.6 is 0 Å². The van der Waals surface area contributed by atoms with E-state index in [-0.39, 0.29) is 30.6 Å². The van der Waals surface area contributed by atoms with Crippen LogP contribution in [0.2, 0.25) is 0 Å². The number of H-pyrrole nitrogens is 1. The molecule has 4 aromatic rings. The molecule has 36 heavy (non-hydrogen) atoms. The minimum absolute atomic E-state index is 0.0952. The first kappa shape index (κ1) is 23.1. The number of nitrogens with zero attached hydrogens (tertiary/aromatic N) is 5. The van der Waals surface area contributed by atoms with Crippen LogP contribution in [0.5, 0.6) is 5.75 Å². The van der Waals surface area contributed by atoms with Crippen molar-refractivity contribution in [3.63, 3.8) is 0 Å². The van der Waals surface area contributed by atoms with Crippen molar-refractivity contribution >= 4 is 34.3 Å². The first-order valence-electron chi connectivity index (χ1n) is 11.4. The number of Topliss-reactive ketones (excluding diaryl/α,β-unsaturated/α-hetero) is 1. The summed E-state index contributed by atoms with van der Waals surface area (Å²) in [5.74, 6) is -0.335. The fourth-order valence-electron chi connectivity index (χ4n) is 4.52. The zero-order valence-corrected chi connectivity index (χ0v) is 19.8. The molecular formula is C25H25N7O4. The number of fused-ring (bicyclic) bond motifs is 1. The molecule has 5 rings (SSSR count). The average Bonchev–Trinajstić information content (AvgIpc) is 3.54. The van der Waals surface area contributed by atoms with Crippen molar-refractivity contribution in [2.45, 2.75) is 13.0 Å². The number of nitrogen functional groups attached to an aromatic ring is 1. The van der Waals surface area contributed by atoms with Crippen LogP contribution in [-0.2, 0) is 4.79 Å². The molecule has 3 aromatic heterocycles. The summed E-state index contributed by atoms with van der Waals surface area (Å²) in [7, 11) is 1.47. The van der Waals surface area contributed by atoms with E-state index in [1.165, 1.54) is 29.1 Å². The molecular weight excluding hydrogens is 462 g/mol. The van der Waals surface area contributed by atoms with Gasteiger partial charge in [0, 0.05) is 49.7 Å². The summed E-state index contributed by atoms with van der Waals surface area (Å²) in [6.45, 7) is 2.71. The van der Waals surface area contributed by atoms with E-state index in [0.29, 0.717) is 40.4 Å². The highest BCUT2D eigenvalue weighted by Crippen LogP contribution is 2.32. The van der Waals surface area contributed by atoms with Crippen LogP contribution in [0.15, 0.2) is 55.0 Å². The van der Waals surface area contributed by atoms with Gasteiger partial charge in [-0.25, -0.2) is 9.67 Å². The highest BCUT2D eigenvalue weighted by molar-refractivity contribution is 6.45. The van der Waals surface area contributed by atoms with Crippen molar-refractivity contribution in [1.29, 1.82) is 0 Å². The fourth-order valence-corrected chi connectivity index (χ4v) is 4.52. The van der Waals surface area contributed by atoms with Gasteiger partial charge in [0.05, 0.1) is 29.8 Å². The van der Waals surface area contributed by atoms with Gasteiger partial charge < -0.3 is 25.3 Å². The van der Waals surface area contributed by atoms with Gasteiger partial charge in [-0.3, -0.25) is 14.4 Å². The predicted molar refractivity (Wildman–Crippen MR) is 132 cm³/mol. The Hall–Kier alpha value is -4.67. The Balaban J connectivity index is 1.39. The van der Waals surface area contributed by atoms with Crippen LogP contribution in [0, 0.1) is 0 Å². The number of amides is 2. The minimum atomic E-state index is -0.674. The first-order chi connectivity index (χ1) is 17.4. The van der Waals surface area contributed by atoms with E-state index >= 15 is 0 Å². The van der Waals surface area contributed by atoms with E-state index in [0.717, 1.165) is 0 Å². The van der Waals surface area contributed by atoms with Crippen LogP contribution in [0.25, 0.3) is 16.7 Å². The largest absolute Gasteiger partial charge is 0.494 e. The average molecular weight is 488 g/mol. The summed E-state index contributed by atoms with van der Waals surface area (Å²) in [6, 6.07) is 10.4. The van der Waals surface area contributed by atoms with Gasteiger partial charge >= 0.3 is 0 Å². The number of carbonyl (C=O) groups is 3. The monoisotopic (exact) mass is 487 g/mol. The Morgan fingerprint density at radius 2 is 1.92 bits per heavy atom. The van der Waals surface area contributed by atoms with E-state index in [1.54, 1.807) is 29.3 Å². The Morgan fingerprint density at radius 1 is 1.14 bits per heavy atom. The lowest BCUT2D eigenvalue weighted by atomic mass is 10.1. The molecule has 3 N–H and O–H groups in total. The molecule has 0 saturated carbocycles. The molecule has 0 aliphatic carbocycles. The molecule has 0 radical (unpaired) electrons. The number of carbonyl (C=O) groups excluding carboxylic acids is 3. The number of ether oxygens (including phenoxy) is 1. The molecule has 184 valence electrons. The topological polar surface area (TPSA) is 139 Å². The number of benzene rings is 1. The summed E-state index contributed by atoms with van der Waals surface area (Å²) in [6.07, 6.45) is 4.60. The SMILES string of the molecule is COc1cnc(-n2ccc(N)n2)c2[nH]cc(C(=O)C(=O)N3CCN(C(=O)c4ccccc4)[C@H](C)C3)c12. The quantitative estimate of drug-likeness (QED) is 0.324. The van der Waals surface area contributed by atoms with Crippen LogP contribution < -0.4 is 10.5 Å². The molecule has 1 fully saturated rings. The van der Waals surface area contributed by atoms with Crippen molar-refractivity contribution in [2.24, 2.45) is 0 Å². The molecule has 0 bridgehead atoms. The Bertz CT molecular complexity index is 1460. The Labute approximate surface area is 206 Å². The second-order valence-corrected chi connectivity index (χ2v) is 8.58. The van der Waals surface area contributed by atoms with Crippen molar-refractivity contribution in [1.82, 2.24) is 29.5 Å². The number of aromatic amines is 1. The zero-order valence-electron chi connectivity index (χ0n) is 19.8. The van der Waals surface area contributed by atoms with Crippen LogP contribution in [-0.4, -0.2) is 79.9 Å². The number of rotatable bonds is 5. The number of ketones is 1. The lowest BCUT2D eigenvalue weighted by molar-refractivity contribution is -0.128. The molecule has 1 aliphatic heterocycles. The molecule has 1 saturated heterocycles. The fraction of sp³-hybridized carbons (Fsp3) is 0.240. The van der Waals surface area contributed by atoms with E-state index in [4.69, 9.17) is 10.5 Å². The van der Waals surface area contributed by atoms with E-state index in [2.05, 4.69) is 15.1 Å². The van der Waals surface area contributed by atoms with Gasteiger partial charge in [-0.1, -0.05) is 18.2 Å². The standard InChI is InChI=1S/C25H25N7O4/c1-15-14-30(10-11-31(15)24(34)16-6-4-3-5-7-16)25(35)22(33)17-12-27-21-20(17)18(36-2)13-28-23(21)32-9-8-19(26)29-32/h3-9,12-13,15,27H,10-11,14H2,1-2H3,(H2,26,29)/t15-/m1/s1. The van der Waals surface area contributed by atoms with Gasteiger partial charge in [0.1, 0.15) is 11.6 Å². The molecule has 0 spiro atoms. The Morgan fingerprint density at radius 3 is 2.58 bits per heavy atom. The second-order valence-electron chi connectivity index (χ2n) is 8.58. The lowest BCUT2D eigenvalue weighted by Crippen LogP contribution is -2.56. The van der Waals surface area contributed by atoms with Crippen LogP contribution in [0.3, 0.4) is 0 Å². The summed E-state index contributed by atoms with van der Waals surface area (Å²) in [4.78, 5) is 50.2. The lowest BCUT2D eigenvalue weighted by Gasteiger charge is -2.39. The normalized spacial score (nSPS) is 15.8. The van der Waals surface area contributed by atoms with Gasteiger partial charge in [-0.15, -0.1) is 5.10 Å². The van der Waals surface area contributed by atoms with Crippen molar-refractivity contribution in [2.75, 3.05) is 32.5 Å². The maximum absolute atomic E-state index is 13.4. The number of methoxy groups -OCH3 is 1. The summed E-state index contributed by atoms with van der Waals surface area (Å²) in [5.41, 5.74) is 6.99. The number of hydrogen-bond acceptors (Lipinski definition) is 7. The van der Waals surface area contributed by atoms with Gasteiger partial charge in [0.15, 0.2) is 5.82 Å². The smallest absolute Gasteiger partial charge is 0.295 e. The molecule has 1 atom stereocenters. The van der Waals surface area contributed by atoms with E-state index in [1.807, 2.05) is 25.1 Å². The van der Waals surface area contributed by atoms with Crippen molar-refractivity contribution in [3.05, 3.63) is 66.1 Å². The van der Waals surface area contributed by atoms with Crippen molar-refractivity contribution < 1.29 is 19.1 Å². The summed E-state index contributed by atoms with van der Waals surface area (Å²) < 4.78 is 6.92. The van der Waals surface area contributed by atoms with Crippen LogP contribution in [0.1, 0.15) is 27.6 Å². The number of nitrogens with two attached hydrogens (primary N) is 1. The van der Waals surface area contributed by atoms with Gasteiger partial charge in [0.2, 0.25) is 0 Å². The number of piperazine rings is 1.